The number of thioether (sulfide) groups is 1. The fourth-order valence-electron chi connectivity index (χ4n) is 3.09. The molecule has 10 heteroatoms. The van der Waals surface area contributed by atoms with Gasteiger partial charge in [-0.2, -0.15) is 0 Å². The summed E-state index contributed by atoms with van der Waals surface area (Å²) in [6.07, 6.45) is 0. The van der Waals surface area contributed by atoms with Crippen LogP contribution in [0.15, 0.2) is 82.6 Å². The largest absolute Gasteiger partial charge is 0.494 e. The maximum atomic E-state index is 12.7. The van der Waals surface area contributed by atoms with E-state index in [1.54, 1.807) is 42.5 Å². The van der Waals surface area contributed by atoms with Gasteiger partial charge >= 0.3 is 0 Å². The summed E-state index contributed by atoms with van der Waals surface area (Å²) in [7, 11) is -3.65. The normalized spacial score (nSPS) is 12.3. The van der Waals surface area contributed by atoms with Crippen LogP contribution in [0, 0.1) is 0 Å². The SMILES string of the molecule is CCOc1ccc2nc(NC(=O)C(C)Sc3ccc(NS(=O)(=O)c4ccccc4)cc3)sc2c1. The van der Waals surface area contributed by atoms with Gasteiger partial charge in [0.2, 0.25) is 5.91 Å². The first-order valence-electron chi connectivity index (χ1n) is 10.5. The van der Waals surface area contributed by atoms with Crippen LogP contribution in [0.2, 0.25) is 0 Å². The lowest BCUT2D eigenvalue weighted by atomic mass is 10.3. The van der Waals surface area contributed by atoms with E-state index in [9.17, 15) is 13.2 Å². The Hall–Kier alpha value is -3.08. The van der Waals surface area contributed by atoms with Gasteiger partial charge in [-0.15, -0.1) is 11.8 Å². The van der Waals surface area contributed by atoms with Gasteiger partial charge in [-0.05, 0) is 68.4 Å². The highest BCUT2D eigenvalue weighted by Gasteiger charge is 2.17. The quantitative estimate of drug-likeness (QED) is 0.282. The minimum Gasteiger partial charge on any atom is -0.494 e. The highest BCUT2D eigenvalue weighted by atomic mass is 32.2. The van der Waals surface area contributed by atoms with E-state index in [-0.39, 0.29) is 16.1 Å². The van der Waals surface area contributed by atoms with E-state index >= 15 is 0 Å². The van der Waals surface area contributed by atoms with Crippen LogP contribution in [0.1, 0.15) is 13.8 Å². The van der Waals surface area contributed by atoms with E-state index in [1.165, 1.54) is 35.2 Å². The van der Waals surface area contributed by atoms with Gasteiger partial charge in [-0.25, -0.2) is 13.4 Å². The van der Waals surface area contributed by atoms with Crippen LogP contribution in [0.5, 0.6) is 5.75 Å². The number of nitrogens with zero attached hydrogens (tertiary/aromatic N) is 1. The Morgan fingerprint density at radius 1 is 1.09 bits per heavy atom. The highest BCUT2D eigenvalue weighted by Crippen LogP contribution is 2.31. The summed E-state index contributed by atoms with van der Waals surface area (Å²) in [4.78, 5) is 18.2. The van der Waals surface area contributed by atoms with Crippen molar-refractivity contribution >= 4 is 60.1 Å². The Labute approximate surface area is 206 Å². The molecule has 0 aliphatic rings. The molecule has 176 valence electrons. The molecular formula is C24H23N3O4S3. The molecule has 1 amide bonds. The number of benzene rings is 3. The summed E-state index contributed by atoms with van der Waals surface area (Å²) < 4.78 is 33.9. The first-order valence-corrected chi connectivity index (χ1v) is 13.7. The maximum Gasteiger partial charge on any atom is 0.261 e. The Morgan fingerprint density at radius 2 is 1.82 bits per heavy atom. The van der Waals surface area contributed by atoms with Crippen LogP contribution in [0.4, 0.5) is 10.8 Å². The van der Waals surface area contributed by atoms with E-state index in [2.05, 4.69) is 15.0 Å². The van der Waals surface area contributed by atoms with Crippen molar-refractivity contribution in [1.29, 1.82) is 0 Å². The summed E-state index contributed by atoms with van der Waals surface area (Å²) in [5.41, 5.74) is 1.25. The van der Waals surface area contributed by atoms with Gasteiger partial charge in [0.25, 0.3) is 10.0 Å². The predicted molar refractivity (Wildman–Crippen MR) is 138 cm³/mol. The van der Waals surface area contributed by atoms with E-state index in [0.29, 0.717) is 17.4 Å². The average molecular weight is 514 g/mol. The van der Waals surface area contributed by atoms with Crippen LogP contribution < -0.4 is 14.8 Å². The molecule has 0 bridgehead atoms. The molecular weight excluding hydrogens is 490 g/mol. The van der Waals surface area contributed by atoms with Crippen LogP contribution in [0.25, 0.3) is 10.2 Å². The second-order valence-electron chi connectivity index (χ2n) is 7.27. The van der Waals surface area contributed by atoms with Crippen LogP contribution in [0.3, 0.4) is 0 Å². The number of nitrogens with one attached hydrogen (secondary N) is 2. The van der Waals surface area contributed by atoms with Crippen molar-refractivity contribution in [2.75, 3.05) is 16.6 Å². The Kier molecular flexibility index (Phi) is 7.40. The van der Waals surface area contributed by atoms with Gasteiger partial charge in [-0.3, -0.25) is 9.52 Å². The Morgan fingerprint density at radius 3 is 2.53 bits per heavy atom. The highest BCUT2D eigenvalue weighted by molar-refractivity contribution is 8.00. The van der Waals surface area contributed by atoms with Crippen LogP contribution >= 0.6 is 23.1 Å². The molecule has 1 aromatic heterocycles. The number of amides is 1. The lowest BCUT2D eigenvalue weighted by Crippen LogP contribution is -2.22. The smallest absolute Gasteiger partial charge is 0.261 e. The Balaban J connectivity index is 1.36. The molecule has 0 fully saturated rings. The molecule has 0 spiro atoms. The van der Waals surface area contributed by atoms with Gasteiger partial charge in [0, 0.05) is 10.6 Å². The molecule has 0 aliphatic heterocycles. The van der Waals surface area contributed by atoms with Crippen molar-refractivity contribution in [3.8, 4) is 5.75 Å². The number of carbonyl (C=O) groups is 1. The maximum absolute atomic E-state index is 12.7. The molecule has 4 aromatic rings. The minimum atomic E-state index is -3.65. The fourth-order valence-corrected chi connectivity index (χ4v) is 5.94. The summed E-state index contributed by atoms with van der Waals surface area (Å²) in [5.74, 6) is 0.609. The molecule has 7 nitrogen and oxygen atoms in total. The lowest BCUT2D eigenvalue weighted by Gasteiger charge is -2.12. The molecule has 1 heterocycles. The van der Waals surface area contributed by atoms with Crippen molar-refractivity contribution in [2.24, 2.45) is 0 Å². The van der Waals surface area contributed by atoms with Gasteiger partial charge in [0.05, 0.1) is 27.0 Å². The second kappa shape index (κ2) is 10.5. The zero-order chi connectivity index (χ0) is 24.1. The first kappa shape index (κ1) is 24.1. The van der Waals surface area contributed by atoms with E-state index in [1.807, 2.05) is 32.0 Å². The fraction of sp³-hybridized carbons (Fsp3) is 0.167. The molecule has 2 N–H and O–H groups in total. The molecule has 0 radical (unpaired) electrons. The third kappa shape index (κ3) is 5.88. The third-order valence-electron chi connectivity index (χ3n) is 4.74. The third-order valence-corrected chi connectivity index (χ3v) is 8.19. The van der Waals surface area contributed by atoms with Crippen LogP contribution in [-0.4, -0.2) is 31.2 Å². The molecule has 0 saturated heterocycles. The number of fused-ring (bicyclic) bond motifs is 1. The number of rotatable bonds is 9. The zero-order valence-electron chi connectivity index (χ0n) is 18.5. The van der Waals surface area contributed by atoms with Gasteiger partial charge in [0.1, 0.15) is 5.75 Å². The number of hydrogen-bond acceptors (Lipinski definition) is 7. The van der Waals surface area contributed by atoms with Crippen LogP contribution in [-0.2, 0) is 14.8 Å². The van der Waals surface area contributed by atoms with Crippen molar-refractivity contribution in [2.45, 2.75) is 28.9 Å². The molecule has 1 unspecified atom stereocenters. The summed E-state index contributed by atoms with van der Waals surface area (Å²) in [6, 6.07) is 20.8. The molecule has 4 rings (SSSR count). The van der Waals surface area contributed by atoms with Crippen molar-refractivity contribution in [3.63, 3.8) is 0 Å². The molecule has 0 aliphatic carbocycles. The predicted octanol–water partition coefficient (Wildman–Crippen LogP) is 5.62. The average Bonchev–Trinajstić information content (AvgIpc) is 3.22. The number of thiazole rings is 1. The van der Waals surface area contributed by atoms with E-state index in [4.69, 9.17) is 4.74 Å². The summed E-state index contributed by atoms with van der Waals surface area (Å²) in [5, 5.41) is 3.04. The summed E-state index contributed by atoms with van der Waals surface area (Å²) >= 11 is 2.77. The van der Waals surface area contributed by atoms with Crippen molar-refractivity contribution < 1.29 is 17.9 Å². The zero-order valence-corrected chi connectivity index (χ0v) is 21.0. The molecule has 34 heavy (non-hydrogen) atoms. The number of hydrogen-bond donors (Lipinski definition) is 2. The standard InChI is InChI=1S/C24H23N3O4S3/c1-3-31-18-11-14-21-22(15-18)33-24(25-21)26-23(28)16(2)32-19-12-9-17(10-13-19)27-34(29,30)20-7-5-4-6-8-20/h4-16,27H,3H2,1-2H3,(H,25,26,28). The Bertz CT molecular complexity index is 1390. The molecule has 0 saturated carbocycles. The monoisotopic (exact) mass is 513 g/mol. The van der Waals surface area contributed by atoms with E-state index < -0.39 is 10.0 Å². The number of carbonyl (C=O) groups excluding carboxylic acids is 1. The van der Waals surface area contributed by atoms with Gasteiger partial charge in [0.15, 0.2) is 5.13 Å². The number of ether oxygens (including phenoxy) is 1. The van der Waals surface area contributed by atoms with Gasteiger partial charge < -0.3 is 10.1 Å². The number of anilines is 2. The van der Waals surface area contributed by atoms with Gasteiger partial charge in [-0.1, -0.05) is 29.5 Å². The van der Waals surface area contributed by atoms with E-state index in [0.717, 1.165) is 20.9 Å². The summed E-state index contributed by atoms with van der Waals surface area (Å²) in [6.45, 7) is 4.33. The van der Waals surface area contributed by atoms with Crippen molar-refractivity contribution in [3.05, 3.63) is 72.8 Å². The minimum absolute atomic E-state index is 0.164. The topological polar surface area (TPSA) is 97.4 Å². The van der Waals surface area contributed by atoms with Crippen molar-refractivity contribution in [1.82, 2.24) is 4.98 Å². The number of sulfonamides is 1. The lowest BCUT2D eigenvalue weighted by molar-refractivity contribution is -0.115. The second-order valence-corrected chi connectivity index (χ2v) is 11.4. The first-order chi connectivity index (χ1) is 16.3. The molecule has 1 atom stereocenters. The number of aromatic nitrogens is 1. The molecule has 3 aromatic carbocycles.